The zero-order chi connectivity index (χ0) is 48.4. The minimum Gasteiger partial charge on any atom is -0.458 e. The molecule has 0 bridgehead atoms. The molecule has 62 heavy (non-hydrogen) atoms. The quantitative estimate of drug-likeness (QED) is 0.102. The van der Waals surface area contributed by atoms with Crippen molar-refractivity contribution >= 4 is 21.8 Å². The average Bonchev–Trinajstić information content (AvgIpc) is 3.95. The van der Waals surface area contributed by atoms with E-state index in [1.54, 1.807) is 6.20 Å². The summed E-state index contributed by atoms with van der Waals surface area (Å²) in [6.07, 6.45) is 10.5. The first kappa shape index (κ1) is 33.9. The molecule has 0 fully saturated rings. The number of imidazole rings is 1. The van der Waals surface area contributed by atoms with Crippen LogP contribution in [0.25, 0.3) is 61.3 Å². The lowest BCUT2D eigenvalue weighted by atomic mass is 9.78. The summed E-state index contributed by atoms with van der Waals surface area (Å²) < 4.78 is 65.3. The van der Waals surface area contributed by atoms with Gasteiger partial charge in [-0.15, -0.1) is 0 Å². The smallest absolute Gasteiger partial charge is 0.268 e. The molecule has 310 valence electrons. The Bertz CT molecular complexity index is 3350. The Balaban J connectivity index is 1.15. The van der Waals surface area contributed by atoms with Crippen molar-refractivity contribution in [2.75, 3.05) is 0 Å². The molecular weight excluding hydrogens is 757 g/mol. The van der Waals surface area contributed by atoms with E-state index in [-0.39, 0.29) is 28.5 Å². The normalized spacial score (nSPS) is 13.7. The predicted molar refractivity (Wildman–Crippen MR) is 256 cm³/mol. The zero-order valence-corrected chi connectivity index (χ0v) is 36.8. The molecular formula is C57H56N4O. The number of fused-ring (bicyclic) bond motifs is 3. The first-order chi connectivity index (χ1) is 32.3. The van der Waals surface area contributed by atoms with Crippen molar-refractivity contribution in [3.05, 3.63) is 187 Å². The maximum atomic E-state index is 9.17. The number of nitrogens with zero attached hydrogens (tertiary/aromatic N) is 4. The van der Waals surface area contributed by atoms with Gasteiger partial charge in [0.05, 0.1) is 29.3 Å². The first-order valence-electron chi connectivity index (χ1n) is 24.5. The Hall–Kier alpha value is -6.72. The molecule has 0 spiro atoms. The van der Waals surface area contributed by atoms with Crippen molar-refractivity contribution in [2.45, 2.75) is 85.0 Å². The summed E-state index contributed by atoms with van der Waals surface area (Å²) in [6.45, 7) is 17.3. The van der Waals surface area contributed by atoms with Gasteiger partial charge in [-0.05, 0) is 117 Å². The molecule has 0 amide bonds. The average molecular weight is 819 g/mol. The molecule has 3 aromatic heterocycles. The van der Waals surface area contributed by atoms with Crippen LogP contribution in [0.5, 0.6) is 11.5 Å². The number of hydrogen-bond donors (Lipinski definition) is 0. The van der Waals surface area contributed by atoms with Crippen LogP contribution in [0.3, 0.4) is 0 Å². The highest BCUT2D eigenvalue weighted by Gasteiger charge is 2.24. The minimum absolute atomic E-state index is 0.117. The summed E-state index contributed by atoms with van der Waals surface area (Å²) >= 11 is 0. The van der Waals surface area contributed by atoms with Crippen molar-refractivity contribution in [1.29, 1.82) is 0 Å². The molecule has 0 aliphatic heterocycles. The molecule has 0 atom stereocenters. The Labute approximate surface area is 375 Å². The number of rotatable bonds is 10. The Morgan fingerprint density at radius 2 is 1.37 bits per heavy atom. The highest BCUT2D eigenvalue weighted by Crippen LogP contribution is 2.39. The Morgan fingerprint density at radius 3 is 2.10 bits per heavy atom. The summed E-state index contributed by atoms with van der Waals surface area (Å²) in [6, 6.07) is 36.8. The summed E-state index contributed by atoms with van der Waals surface area (Å²) in [4.78, 5) is 4.83. The van der Waals surface area contributed by atoms with Crippen LogP contribution < -0.4 is 9.30 Å². The standard InChI is InChI=1S/C57H56N4O/c1-9-39(10-2)41-28-29-58-54(34-41)61-52-25-15-14-22-50(52)51-27-26-47(37-53(51)61)62-46-21-16-20-45(36-46)59-30-31-60(38-59)55-48(40-18-12-11-13-19-40)23-17-24-49(55)42-32-43(56(3,4)5)35-44(33-42)57(6,7)8/h11-37,39H,9-10H2,1-8H3/i11D,12D,13D,18D,19D,39D. The van der Waals surface area contributed by atoms with Crippen molar-refractivity contribution in [1.82, 2.24) is 14.1 Å². The van der Waals surface area contributed by atoms with Gasteiger partial charge in [-0.2, -0.15) is 0 Å². The van der Waals surface area contributed by atoms with E-state index in [1.165, 1.54) is 0 Å². The summed E-state index contributed by atoms with van der Waals surface area (Å²) in [5.74, 6) is 1.28. The lowest BCUT2D eigenvalue weighted by Gasteiger charge is -2.27. The van der Waals surface area contributed by atoms with Gasteiger partial charge in [0.2, 0.25) is 0 Å². The number of para-hydroxylation sites is 2. The highest BCUT2D eigenvalue weighted by molar-refractivity contribution is 6.09. The van der Waals surface area contributed by atoms with E-state index in [1.807, 2.05) is 100 Å². The number of pyridine rings is 1. The second-order valence-electron chi connectivity index (χ2n) is 18.0. The van der Waals surface area contributed by atoms with Gasteiger partial charge in [0, 0.05) is 36.8 Å². The molecule has 9 aromatic rings. The van der Waals surface area contributed by atoms with Crippen LogP contribution in [0.4, 0.5) is 0 Å². The molecule has 5 nitrogen and oxygen atoms in total. The third-order valence-electron chi connectivity index (χ3n) is 11.8. The van der Waals surface area contributed by atoms with Crippen LogP contribution in [-0.2, 0) is 10.8 Å². The van der Waals surface area contributed by atoms with E-state index in [0.29, 0.717) is 35.6 Å². The SMILES string of the molecule is [2H]c1c([2H])c([2H])c(-c2cccc(-c3cc(C(C)(C)C)cc(C(C)(C)C)c3)c2-[n+]2[c-]n(-c3cccc(Oc4ccc5c6ccccc6n(-c6cc(C([2H])(CC)CC)ccn6)c5c4)c3)cc2)c([2H])c1[2H]. The minimum atomic E-state index is -0.712. The topological polar surface area (TPSA) is 35.9 Å². The van der Waals surface area contributed by atoms with E-state index < -0.39 is 24.0 Å². The van der Waals surface area contributed by atoms with Crippen LogP contribution in [0.1, 0.15) is 99.0 Å². The van der Waals surface area contributed by atoms with Gasteiger partial charge < -0.3 is 4.74 Å². The van der Waals surface area contributed by atoms with Gasteiger partial charge in [0.25, 0.3) is 6.33 Å². The van der Waals surface area contributed by atoms with E-state index in [4.69, 9.17) is 16.6 Å². The first-order valence-corrected chi connectivity index (χ1v) is 21.5. The summed E-state index contributed by atoms with van der Waals surface area (Å²) in [5.41, 5.74) is 8.65. The van der Waals surface area contributed by atoms with Gasteiger partial charge in [-0.25, -0.2) is 4.98 Å². The van der Waals surface area contributed by atoms with Crippen molar-refractivity contribution in [3.8, 4) is 50.9 Å². The molecule has 0 aliphatic rings. The highest BCUT2D eigenvalue weighted by atomic mass is 16.5. The number of hydrogen-bond acceptors (Lipinski definition) is 2. The number of ether oxygens (including phenoxy) is 1. The van der Waals surface area contributed by atoms with E-state index in [0.717, 1.165) is 61.1 Å². The molecule has 3 heterocycles. The summed E-state index contributed by atoms with van der Waals surface area (Å²) in [7, 11) is 0. The maximum absolute atomic E-state index is 9.17. The van der Waals surface area contributed by atoms with Crippen LogP contribution in [0, 0.1) is 6.33 Å². The van der Waals surface area contributed by atoms with Crippen molar-refractivity contribution in [2.24, 2.45) is 0 Å². The van der Waals surface area contributed by atoms with Gasteiger partial charge in [0.1, 0.15) is 17.3 Å². The van der Waals surface area contributed by atoms with E-state index >= 15 is 0 Å². The molecule has 6 aromatic carbocycles. The zero-order valence-electron chi connectivity index (χ0n) is 42.8. The Morgan fingerprint density at radius 1 is 0.694 bits per heavy atom. The summed E-state index contributed by atoms with van der Waals surface area (Å²) in [5, 5.41) is 2.15. The maximum Gasteiger partial charge on any atom is 0.268 e. The van der Waals surface area contributed by atoms with Gasteiger partial charge in [-0.3, -0.25) is 13.7 Å². The molecule has 0 unspecified atom stereocenters. The monoisotopic (exact) mass is 818 g/mol. The molecule has 0 N–H and O–H groups in total. The van der Waals surface area contributed by atoms with Gasteiger partial charge >= 0.3 is 0 Å². The second kappa shape index (κ2) is 16.3. The van der Waals surface area contributed by atoms with E-state index in [2.05, 4.69) is 103 Å². The van der Waals surface area contributed by atoms with Crippen LogP contribution in [-0.4, -0.2) is 14.1 Å². The fourth-order valence-corrected chi connectivity index (χ4v) is 8.37. The van der Waals surface area contributed by atoms with Crippen LogP contribution in [0.15, 0.2) is 164 Å². The second-order valence-corrected chi connectivity index (χ2v) is 18.0. The number of benzene rings is 6. The molecule has 0 saturated heterocycles. The Kier molecular flexibility index (Phi) is 8.91. The van der Waals surface area contributed by atoms with Crippen LogP contribution >= 0.6 is 0 Å². The molecule has 0 radical (unpaired) electrons. The van der Waals surface area contributed by atoms with Crippen molar-refractivity contribution < 1.29 is 17.5 Å². The third kappa shape index (κ3) is 7.84. The molecule has 9 rings (SSSR count). The van der Waals surface area contributed by atoms with Gasteiger partial charge in [0.15, 0.2) is 0 Å². The lowest BCUT2D eigenvalue weighted by molar-refractivity contribution is -0.598. The van der Waals surface area contributed by atoms with Crippen molar-refractivity contribution in [3.63, 3.8) is 0 Å². The fraction of sp³-hybridized carbons (Fsp3) is 0.228. The molecule has 0 aliphatic carbocycles. The molecule has 0 saturated carbocycles. The predicted octanol–water partition coefficient (Wildman–Crippen LogP) is 14.7. The van der Waals surface area contributed by atoms with E-state index in [9.17, 15) is 1.37 Å². The third-order valence-corrected chi connectivity index (χ3v) is 11.8. The fourth-order valence-electron chi connectivity index (χ4n) is 8.37. The lowest BCUT2D eigenvalue weighted by Crippen LogP contribution is -2.30. The van der Waals surface area contributed by atoms with Crippen LogP contribution in [0.2, 0.25) is 0 Å². The number of aromatic nitrogens is 4. The molecule has 5 heteroatoms. The largest absolute Gasteiger partial charge is 0.458 e. The van der Waals surface area contributed by atoms with Gasteiger partial charge in [-0.1, -0.05) is 146 Å².